The van der Waals surface area contributed by atoms with Gasteiger partial charge in [0, 0.05) is 30.6 Å². The summed E-state index contributed by atoms with van der Waals surface area (Å²) in [6.07, 6.45) is 4.35. The van der Waals surface area contributed by atoms with E-state index in [4.69, 9.17) is 11.5 Å². The quantitative estimate of drug-likeness (QED) is 0.802. The maximum Gasteiger partial charge on any atom is 0.0429 e. The van der Waals surface area contributed by atoms with Crippen molar-refractivity contribution in [3.8, 4) is 0 Å². The van der Waals surface area contributed by atoms with Crippen molar-refractivity contribution in [2.75, 3.05) is 6.54 Å². The number of nitrogens with two attached hydrogens (primary N) is 2. The summed E-state index contributed by atoms with van der Waals surface area (Å²) in [5.41, 5.74) is 16.0. The van der Waals surface area contributed by atoms with Crippen LogP contribution in [0.15, 0.2) is 65.8 Å². The Morgan fingerprint density at radius 3 is 2.59 bits per heavy atom. The van der Waals surface area contributed by atoms with Gasteiger partial charge in [-0.3, -0.25) is 4.99 Å². The summed E-state index contributed by atoms with van der Waals surface area (Å²) >= 11 is 0. The lowest BCUT2D eigenvalue weighted by molar-refractivity contribution is 0.818. The van der Waals surface area contributed by atoms with Crippen LogP contribution in [0.5, 0.6) is 0 Å². The van der Waals surface area contributed by atoms with Gasteiger partial charge in [-0.05, 0) is 36.1 Å². The van der Waals surface area contributed by atoms with Crippen molar-refractivity contribution in [2.24, 2.45) is 16.5 Å². The van der Waals surface area contributed by atoms with Gasteiger partial charge < -0.3 is 11.5 Å². The van der Waals surface area contributed by atoms with Crippen LogP contribution in [0, 0.1) is 0 Å². The van der Waals surface area contributed by atoms with Crippen LogP contribution in [0.4, 0.5) is 0 Å². The predicted molar refractivity (Wildman–Crippen MR) is 94.7 cm³/mol. The summed E-state index contributed by atoms with van der Waals surface area (Å²) in [6, 6.07) is 18.4. The third-order valence-electron chi connectivity index (χ3n) is 3.53. The van der Waals surface area contributed by atoms with Gasteiger partial charge in [-0.1, -0.05) is 48.5 Å². The fourth-order valence-electron chi connectivity index (χ4n) is 2.22. The minimum Gasteiger partial charge on any atom is -0.404 e. The minimum absolute atomic E-state index is 0.00833. The van der Waals surface area contributed by atoms with Crippen LogP contribution in [0.25, 0.3) is 5.57 Å². The third-order valence-corrected chi connectivity index (χ3v) is 3.53. The van der Waals surface area contributed by atoms with Crippen molar-refractivity contribution in [3.63, 3.8) is 0 Å². The second-order valence-corrected chi connectivity index (χ2v) is 5.31. The molecule has 4 N–H and O–H groups in total. The number of allylic oxidation sites excluding steroid dienone is 1. The molecule has 3 nitrogen and oxygen atoms in total. The van der Waals surface area contributed by atoms with E-state index in [0.717, 1.165) is 29.7 Å². The molecule has 0 fully saturated rings. The highest BCUT2D eigenvalue weighted by Crippen LogP contribution is 2.17. The summed E-state index contributed by atoms with van der Waals surface area (Å²) < 4.78 is 0. The Balaban J connectivity index is 2.00. The van der Waals surface area contributed by atoms with E-state index in [1.807, 2.05) is 49.5 Å². The first-order chi connectivity index (χ1) is 10.7. The minimum atomic E-state index is 0.00833. The van der Waals surface area contributed by atoms with Crippen molar-refractivity contribution >= 4 is 11.8 Å². The molecule has 2 aromatic rings. The molecule has 0 saturated carbocycles. The molecule has 0 aromatic heterocycles. The second kappa shape index (κ2) is 8.15. The Labute approximate surface area is 132 Å². The maximum absolute atomic E-state index is 5.93. The van der Waals surface area contributed by atoms with Crippen molar-refractivity contribution in [1.29, 1.82) is 0 Å². The Morgan fingerprint density at radius 2 is 1.91 bits per heavy atom. The molecule has 2 rings (SSSR count). The second-order valence-electron chi connectivity index (χ2n) is 5.31. The molecule has 22 heavy (non-hydrogen) atoms. The normalized spacial score (nSPS) is 13.5. The van der Waals surface area contributed by atoms with Crippen LogP contribution in [0.3, 0.4) is 0 Å². The number of nitrogens with zero attached hydrogens (tertiary/aromatic N) is 1. The number of rotatable bonds is 6. The van der Waals surface area contributed by atoms with E-state index < -0.39 is 0 Å². The molecule has 3 heteroatoms. The molecule has 0 bridgehead atoms. The molecule has 0 radical (unpaired) electrons. The zero-order valence-corrected chi connectivity index (χ0v) is 12.9. The first-order valence-corrected chi connectivity index (χ1v) is 7.52. The maximum atomic E-state index is 5.93. The van der Waals surface area contributed by atoms with E-state index in [1.54, 1.807) is 6.20 Å². The third kappa shape index (κ3) is 4.57. The fourth-order valence-corrected chi connectivity index (χ4v) is 2.22. The monoisotopic (exact) mass is 293 g/mol. The Kier molecular flexibility index (Phi) is 5.92. The zero-order chi connectivity index (χ0) is 15.8. The van der Waals surface area contributed by atoms with Gasteiger partial charge in [-0.2, -0.15) is 0 Å². The van der Waals surface area contributed by atoms with Crippen molar-refractivity contribution in [3.05, 3.63) is 77.5 Å². The molecular formula is C19H23N3. The highest BCUT2D eigenvalue weighted by atomic mass is 14.7. The van der Waals surface area contributed by atoms with Crippen LogP contribution in [-0.4, -0.2) is 12.8 Å². The lowest BCUT2D eigenvalue weighted by atomic mass is 10.0. The van der Waals surface area contributed by atoms with E-state index in [-0.39, 0.29) is 6.04 Å². The van der Waals surface area contributed by atoms with E-state index in [0.29, 0.717) is 0 Å². The molecule has 0 aliphatic carbocycles. The Bertz CT molecular complexity index is 643. The van der Waals surface area contributed by atoms with Crippen LogP contribution in [0.1, 0.15) is 29.7 Å². The SMILES string of the molecule is CC(N)c1cccc(/C(C=NCCc2ccccc2)=C/N)c1. The number of hydrogen-bond acceptors (Lipinski definition) is 3. The molecule has 0 aliphatic heterocycles. The molecule has 114 valence electrons. The van der Waals surface area contributed by atoms with E-state index >= 15 is 0 Å². The van der Waals surface area contributed by atoms with Crippen molar-refractivity contribution in [1.82, 2.24) is 0 Å². The zero-order valence-electron chi connectivity index (χ0n) is 12.9. The molecule has 0 aliphatic rings. The lowest BCUT2D eigenvalue weighted by Crippen LogP contribution is -2.05. The van der Waals surface area contributed by atoms with Crippen LogP contribution >= 0.6 is 0 Å². The Hall–Kier alpha value is -2.39. The fraction of sp³-hybridized carbons (Fsp3) is 0.211. The summed E-state index contributed by atoms with van der Waals surface area (Å²) in [5, 5.41) is 0. The molecule has 0 spiro atoms. The molecular weight excluding hydrogens is 270 g/mol. The largest absolute Gasteiger partial charge is 0.404 e. The summed E-state index contributed by atoms with van der Waals surface area (Å²) in [4.78, 5) is 4.48. The number of benzene rings is 2. The highest BCUT2D eigenvalue weighted by Gasteiger charge is 2.03. The highest BCUT2D eigenvalue weighted by molar-refractivity contribution is 6.09. The van der Waals surface area contributed by atoms with Gasteiger partial charge in [0.05, 0.1) is 0 Å². The van der Waals surface area contributed by atoms with Gasteiger partial charge in [-0.25, -0.2) is 0 Å². The van der Waals surface area contributed by atoms with Gasteiger partial charge in [0.2, 0.25) is 0 Å². The smallest absolute Gasteiger partial charge is 0.0429 e. The molecule has 2 aromatic carbocycles. The molecule has 1 unspecified atom stereocenters. The van der Waals surface area contributed by atoms with Gasteiger partial charge >= 0.3 is 0 Å². The standard InChI is InChI=1S/C19H23N3/c1-15(21)17-8-5-9-18(12-17)19(13-20)14-22-11-10-16-6-3-2-4-7-16/h2-9,12-15H,10-11,20-21H2,1H3/b19-13+,22-14?. The average molecular weight is 293 g/mol. The van der Waals surface area contributed by atoms with E-state index in [2.05, 4.69) is 23.2 Å². The first kappa shape index (κ1) is 16.0. The predicted octanol–water partition coefficient (Wildman–Crippen LogP) is 3.32. The van der Waals surface area contributed by atoms with Gasteiger partial charge in [0.1, 0.15) is 0 Å². The Morgan fingerprint density at radius 1 is 1.14 bits per heavy atom. The topological polar surface area (TPSA) is 64.4 Å². The summed E-state index contributed by atoms with van der Waals surface area (Å²) in [5.74, 6) is 0. The van der Waals surface area contributed by atoms with Gasteiger partial charge in [0.15, 0.2) is 0 Å². The van der Waals surface area contributed by atoms with Gasteiger partial charge in [-0.15, -0.1) is 0 Å². The van der Waals surface area contributed by atoms with Crippen LogP contribution < -0.4 is 11.5 Å². The molecule has 1 atom stereocenters. The molecule has 0 amide bonds. The molecule has 0 heterocycles. The number of aliphatic imine (C=N–C) groups is 1. The van der Waals surface area contributed by atoms with Gasteiger partial charge in [0.25, 0.3) is 0 Å². The number of hydrogen-bond donors (Lipinski definition) is 2. The van der Waals surface area contributed by atoms with E-state index in [1.165, 1.54) is 5.56 Å². The lowest BCUT2D eigenvalue weighted by Gasteiger charge is -2.08. The van der Waals surface area contributed by atoms with Crippen LogP contribution in [-0.2, 0) is 6.42 Å². The first-order valence-electron chi connectivity index (χ1n) is 7.52. The van der Waals surface area contributed by atoms with Crippen LogP contribution in [0.2, 0.25) is 0 Å². The van der Waals surface area contributed by atoms with Crippen molar-refractivity contribution < 1.29 is 0 Å². The summed E-state index contributed by atoms with van der Waals surface area (Å²) in [7, 11) is 0. The van der Waals surface area contributed by atoms with Crippen molar-refractivity contribution in [2.45, 2.75) is 19.4 Å². The summed E-state index contributed by atoms with van der Waals surface area (Å²) in [6.45, 7) is 2.72. The van der Waals surface area contributed by atoms with E-state index in [9.17, 15) is 0 Å². The molecule has 0 saturated heterocycles. The average Bonchev–Trinajstić information content (AvgIpc) is 2.56.